The molecule has 3 nitrogen and oxygen atoms in total. The van der Waals surface area contributed by atoms with Gasteiger partial charge in [-0.3, -0.25) is 0 Å². The lowest BCUT2D eigenvalue weighted by Crippen LogP contribution is -2.53. The van der Waals surface area contributed by atoms with E-state index in [0.717, 1.165) is 5.39 Å². The van der Waals surface area contributed by atoms with Crippen molar-refractivity contribution in [2.24, 2.45) is 0 Å². The van der Waals surface area contributed by atoms with E-state index in [0.29, 0.717) is 5.58 Å². The highest BCUT2D eigenvalue weighted by Crippen LogP contribution is 2.31. The van der Waals surface area contributed by atoms with E-state index >= 15 is 0 Å². The summed E-state index contributed by atoms with van der Waals surface area (Å²) in [6.07, 6.45) is -1.47. The molecule has 0 aliphatic rings. The predicted octanol–water partition coefficient (Wildman–Crippen LogP) is 2.44. The zero-order valence-electron chi connectivity index (χ0n) is 10.2. The van der Waals surface area contributed by atoms with Crippen LogP contribution in [0, 0.1) is 0 Å². The van der Waals surface area contributed by atoms with E-state index in [-0.39, 0.29) is 5.56 Å². The molecule has 0 aliphatic heterocycles. The van der Waals surface area contributed by atoms with Crippen LogP contribution in [0.4, 0.5) is 13.2 Å². The Balaban J connectivity index is 2.49. The molecule has 104 valence electrons. The number of aliphatic hydroxyl groups is 1. The van der Waals surface area contributed by atoms with Crippen LogP contribution >= 0.6 is 0 Å². The zero-order valence-corrected chi connectivity index (χ0v) is 10.2. The number of fused-ring (bicyclic) bond motifs is 1. The molecule has 2 unspecified atom stereocenters. The molecule has 2 N–H and O–H groups in total. The fourth-order valence-corrected chi connectivity index (χ4v) is 2.14. The first-order chi connectivity index (χ1) is 9.02. The van der Waals surface area contributed by atoms with Crippen LogP contribution in [-0.2, 0) is 5.60 Å². The molecule has 0 saturated heterocycles. The van der Waals surface area contributed by atoms with E-state index < -0.39 is 24.7 Å². The summed E-state index contributed by atoms with van der Waals surface area (Å²) in [7, 11) is 1.25. The maximum Gasteiger partial charge on any atom is 0.256 e. The van der Waals surface area contributed by atoms with Crippen molar-refractivity contribution in [2.75, 3.05) is 13.7 Å². The molecule has 19 heavy (non-hydrogen) atoms. The third-order valence-corrected chi connectivity index (χ3v) is 3.24. The lowest BCUT2D eigenvalue weighted by atomic mass is 9.87. The number of likely N-dealkylation sites (N-methyl/N-ethyl adjacent to an activating group) is 1. The van der Waals surface area contributed by atoms with Crippen molar-refractivity contribution in [3.63, 3.8) is 0 Å². The van der Waals surface area contributed by atoms with Gasteiger partial charge in [0.25, 0.3) is 6.43 Å². The van der Waals surface area contributed by atoms with Gasteiger partial charge in [0.2, 0.25) is 0 Å². The van der Waals surface area contributed by atoms with E-state index in [9.17, 15) is 18.3 Å². The molecule has 2 aromatic rings. The predicted molar refractivity (Wildman–Crippen MR) is 64.9 cm³/mol. The molecule has 0 spiro atoms. The fourth-order valence-electron chi connectivity index (χ4n) is 2.14. The van der Waals surface area contributed by atoms with Gasteiger partial charge in [-0.2, -0.15) is 0 Å². The summed E-state index contributed by atoms with van der Waals surface area (Å²) in [6.45, 7) is -1.32. The van der Waals surface area contributed by atoms with Crippen LogP contribution in [0.25, 0.3) is 11.0 Å². The molecule has 2 rings (SSSR count). The van der Waals surface area contributed by atoms with Gasteiger partial charge in [0.1, 0.15) is 23.9 Å². The summed E-state index contributed by atoms with van der Waals surface area (Å²) in [6, 6.07) is 4.37. The van der Waals surface area contributed by atoms with Crippen molar-refractivity contribution in [1.29, 1.82) is 0 Å². The number of hydrogen-bond donors (Lipinski definition) is 2. The van der Waals surface area contributed by atoms with E-state index in [1.165, 1.54) is 25.4 Å². The summed E-state index contributed by atoms with van der Waals surface area (Å²) in [5, 5.41) is 13.3. The first kappa shape index (κ1) is 13.9. The Hall–Kier alpha value is -1.53. The van der Waals surface area contributed by atoms with Gasteiger partial charge >= 0.3 is 0 Å². The maximum atomic E-state index is 13.2. The van der Waals surface area contributed by atoms with Crippen molar-refractivity contribution in [3.8, 4) is 0 Å². The minimum Gasteiger partial charge on any atom is -0.464 e. The summed E-state index contributed by atoms with van der Waals surface area (Å²) >= 11 is 0. The van der Waals surface area contributed by atoms with Crippen LogP contribution < -0.4 is 5.32 Å². The first-order valence-corrected chi connectivity index (χ1v) is 5.74. The summed E-state index contributed by atoms with van der Waals surface area (Å²) in [5.74, 6) is 0. The minimum atomic E-state index is -2.90. The van der Waals surface area contributed by atoms with Gasteiger partial charge in [-0.1, -0.05) is 12.1 Å². The summed E-state index contributed by atoms with van der Waals surface area (Å²) < 4.78 is 44.1. The molecule has 0 fully saturated rings. The largest absolute Gasteiger partial charge is 0.464 e. The van der Waals surface area contributed by atoms with E-state index in [1.807, 2.05) is 0 Å². The second-order valence-electron chi connectivity index (χ2n) is 4.33. The van der Waals surface area contributed by atoms with Gasteiger partial charge in [0.05, 0.1) is 6.26 Å². The van der Waals surface area contributed by atoms with Crippen molar-refractivity contribution in [3.05, 3.63) is 36.1 Å². The van der Waals surface area contributed by atoms with Crippen LogP contribution in [0.1, 0.15) is 5.56 Å². The number of nitrogens with one attached hydrogen (secondary N) is 1. The Morgan fingerprint density at radius 1 is 1.37 bits per heavy atom. The molecule has 1 aromatic carbocycles. The van der Waals surface area contributed by atoms with Gasteiger partial charge < -0.3 is 14.8 Å². The molecule has 0 amide bonds. The molecule has 0 aliphatic carbocycles. The van der Waals surface area contributed by atoms with Crippen molar-refractivity contribution >= 4 is 11.0 Å². The average Bonchev–Trinajstić information content (AvgIpc) is 2.85. The summed E-state index contributed by atoms with van der Waals surface area (Å²) in [5.41, 5.74) is -1.84. The standard InChI is InChI=1S/C13H14F3NO2/c1-17-11(12(15)16)13(18,7-14)9-3-2-8-4-5-19-10(8)6-9/h2-6,11-12,17-18H,7H2,1H3. The van der Waals surface area contributed by atoms with E-state index in [2.05, 4.69) is 5.32 Å². The van der Waals surface area contributed by atoms with Crippen molar-refractivity contribution in [1.82, 2.24) is 5.32 Å². The highest BCUT2D eigenvalue weighted by molar-refractivity contribution is 5.77. The number of rotatable bonds is 5. The van der Waals surface area contributed by atoms with Crippen molar-refractivity contribution < 1.29 is 22.7 Å². The molecule has 0 saturated carbocycles. The highest BCUT2D eigenvalue weighted by atomic mass is 19.3. The zero-order chi connectivity index (χ0) is 14.0. The topological polar surface area (TPSA) is 45.4 Å². The van der Waals surface area contributed by atoms with Gasteiger partial charge in [-0.05, 0) is 24.7 Å². The highest BCUT2D eigenvalue weighted by Gasteiger charge is 2.43. The van der Waals surface area contributed by atoms with E-state index in [4.69, 9.17) is 4.42 Å². The van der Waals surface area contributed by atoms with Crippen LogP contribution in [0.2, 0.25) is 0 Å². The third-order valence-electron chi connectivity index (χ3n) is 3.24. The first-order valence-electron chi connectivity index (χ1n) is 5.74. The third kappa shape index (κ3) is 2.33. The SMILES string of the molecule is CNC(C(F)F)C(O)(CF)c1ccc2ccoc2c1. The normalized spacial score (nSPS) is 16.7. The Kier molecular flexibility index (Phi) is 3.82. The van der Waals surface area contributed by atoms with Gasteiger partial charge in [-0.25, -0.2) is 13.2 Å². The Labute approximate surface area is 108 Å². The molecule has 0 radical (unpaired) electrons. The number of benzene rings is 1. The lowest BCUT2D eigenvalue weighted by Gasteiger charge is -2.33. The van der Waals surface area contributed by atoms with Gasteiger partial charge in [0, 0.05) is 5.39 Å². The Bertz CT molecular complexity index is 558. The van der Waals surface area contributed by atoms with Crippen LogP contribution in [-0.4, -0.2) is 31.3 Å². The number of furan rings is 1. The minimum absolute atomic E-state index is 0.0529. The molecule has 1 aromatic heterocycles. The van der Waals surface area contributed by atoms with Gasteiger partial charge in [-0.15, -0.1) is 0 Å². The molecular formula is C13H14F3NO2. The van der Waals surface area contributed by atoms with Crippen LogP contribution in [0.5, 0.6) is 0 Å². The maximum absolute atomic E-state index is 13.2. The fraction of sp³-hybridized carbons (Fsp3) is 0.385. The quantitative estimate of drug-likeness (QED) is 0.879. The van der Waals surface area contributed by atoms with Crippen molar-refractivity contribution in [2.45, 2.75) is 18.1 Å². The molecule has 1 heterocycles. The Morgan fingerprint density at radius 3 is 2.68 bits per heavy atom. The second-order valence-corrected chi connectivity index (χ2v) is 4.33. The molecule has 2 atom stereocenters. The monoisotopic (exact) mass is 273 g/mol. The van der Waals surface area contributed by atoms with Gasteiger partial charge in [0.15, 0.2) is 0 Å². The average molecular weight is 273 g/mol. The van der Waals surface area contributed by atoms with Crippen LogP contribution in [0.3, 0.4) is 0 Å². The number of alkyl halides is 3. The van der Waals surface area contributed by atoms with E-state index in [1.54, 1.807) is 12.1 Å². The molecule has 0 bridgehead atoms. The molecular weight excluding hydrogens is 259 g/mol. The van der Waals surface area contributed by atoms with Crippen LogP contribution in [0.15, 0.2) is 34.9 Å². The Morgan fingerprint density at radius 2 is 2.11 bits per heavy atom. The number of halogens is 3. The molecule has 6 heteroatoms. The lowest BCUT2D eigenvalue weighted by molar-refractivity contribution is -0.0748. The smallest absolute Gasteiger partial charge is 0.256 e. The number of hydrogen-bond acceptors (Lipinski definition) is 3. The summed E-state index contributed by atoms with van der Waals surface area (Å²) in [4.78, 5) is 0. The second kappa shape index (κ2) is 5.22.